The zero-order chi connectivity index (χ0) is 24.9. The first-order chi connectivity index (χ1) is 17.0. The number of carbonyl (C=O) groups excluding carboxylic acids is 3. The van der Waals surface area contributed by atoms with E-state index in [2.05, 4.69) is 15.6 Å². The van der Waals surface area contributed by atoms with Crippen LogP contribution < -0.4 is 5.32 Å². The number of esters is 1. The Morgan fingerprint density at radius 3 is 2.74 bits per heavy atom. The molecule has 2 aliphatic rings. The first kappa shape index (κ1) is 24.8. The molecule has 1 aliphatic heterocycles. The van der Waals surface area contributed by atoms with Crippen molar-refractivity contribution in [1.82, 2.24) is 25.2 Å². The number of carbonyl (C=O) groups is 3. The average molecular weight is 484 g/mol. The van der Waals surface area contributed by atoms with Gasteiger partial charge >= 0.3 is 5.97 Å². The quantitative estimate of drug-likeness (QED) is 0.387. The van der Waals surface area contributed by atoms with E-state index < -0.39 is 29.8 Å². The summed E-state index contributed by atoms with van der Waals surface area (Å²) in [5, 5.41) is 20.5. The number of fused-ring (bicyclic) bond motifs is 2. The second kappa shape index (κ2) is 11.0. The van der Waals surface area contributed by atoms with Gasteiger partial charge in [-0.15, -0.1) is 5.10 Å². The van der Waals surface area contributed by atoms with Crippen molar-refractivity contribution in [1.29, 1.82) is 0 Å². The number of nitrogens with zero attached hydrogens (tertiary/aromatic N) is 4. The molecule has 1 aromatic carbocycles. The van der Waals surface area contributed by atoms with Crippen LogP contribution in [0.15, 0.2) is 36.4 Å². The number of hydrogen-bond donors (Lipinski definition) is 2. The van der Waals surface area contributed by atoms with Gasteiger partial charge in [0.2, 0.25) is 11.8 Å². The van der Waals surface area contributed by atoms with Crippen LogP contribution in [0.2, 0.25) is 0 Å². The molecule has 5 atom stereocenters. The molecule has 1 aliphatic carbocycles. The summed E-state index contributed by atoms with van der Waals surface area (Å²) < 4.78 is 6.95. The molecule has 188 valence electrons. The first-order valence-electron chi connectivity index (χ1n) is 12.3. The van der Waals surface area contributed by atoms with Crippen LogP contribution >= 0.6 is 0 Å². The van der Waals surface area contributed by atoms with Gasteiger partial charge in [0.1, 0.15) is 18.2 Å². The highest BCUT2D eigenvalue weighted by atomic mass is 16.5. The number of para-hydroxylation sites is 1. The van der Waals surface area contributed by atoms with E-state index in [1.54, 1.807) is 11.6 Å². The zero-order valence-corrected chi connectivity index (χ0v) is 20.2. The van der Waals surface area contributed by atoms with E-state index in [0.29, 0.717) is 6.42 Å². The van der Waals surface area contributed by atoms with Crippen molar-refractivity contribution in [3.05, 3.63) is 36.4 Å². The summed E-state index contributed by atoms with van der Waals surface area (Å²) in [5.74, 6) is -2.84. The summed E-state index contributed by atoms with van der Waals surface area (Å²) in [4.78, 5) is 41.6. The van der Waals surface area contributed by atoms with E-state index in [4.69, 9.17) is 4.74 Å². The predicted octanol–water partition coefficient (Wildman–Crippen LogP) is 1.50. The first-order valence-corrected chi connectivity index (χ1v) is 12.3. The van der Waals surface area contributed by atoms with Crippen molar-refractivity contribution in [2.45, 2.75) is 45.8 Å². The van der Waals surface area contributed by atoms with Crippen LogP contribution in [0, 0.1) is 23.7 Å². The number of allylic oxidation sites excluding steroid dienone is 1. The van der Waals surface area contributed by atoms with Crippen LogP contribution in [0.3, 0.4) is 0 Å². The Morgan fingerprint density at radius 1 is 1.20 bits per heavy atom. The van der Waals surface area contributed by atoms with Crippen molar-refractivity contribution in [3.63, 3.8) is 0 Å². The van der Waals surface area contributed by atoms with Crippen LogP contribution in [-0.2, 0) is 25.8 Å². The fraction of sp³-hybridized carbons (Fsp3) is 0.560. The largest absolute Gasteiger partial charge is 0.466 e. The predicted molar refractivity (Wildman–Crippen MR) is 128 cm³/mol. The summed E-state index contributed by atoms with van der Waals surface area (Å²) in [6.07, 6.45) is 5.85. The lowest BCUT2D eigenvalue weighted by Gasteiger charge is -2.33. The van der Waals surface area contributed by atoms with Crippen molar-refractivity contribution in [3.8, 4) is 0 Å². The van der Waals surface area contributed by atoms with Crippen LogP contribution in [0.4, 0.5) is 0 Å². The van der Waals surface area contributed by atoms with Crippen molar-refractivity contribution >= 4 is 28.8 Å². The van der Waals surface area contributed by atoms with Gasteiger partial charge < -0.3 is 20.1 Å². The summed E-state index contributed by atoms with van der Waals surface area (Å²) in [6.45, 7) is 4.24. The van der Waals surface area contributed by atoms with Gasteiger partial charge in [-0.2, -0.15) is 0 Å². The van der Waals surface area contributed by atoms with Crippen molar-refractivity contribution in [2.24, 2.45) is 23.7 Å². The molecule has 35 heavy (non-hydrogen) atoms. The minimum Gasteiger partial charge on any atom is -0.466 e. The maximum absolute atomic E-state index is 13.6. The molecule has 0 saturated carbocycles. The molecule has 1 fully saturated rings. The van der Waals surface area contributed by atoms with E-state index >= 15 is 0 Å². The summed E-state index contributed by atoms with van der Waals surface area (Å²) in [7, 11) is 0. The number of amides is 2. The molecule has 2 amide bonds. The second-order valence-electron chi connectivity index (χ2n) is 9.05. The van der Waals surface area contributed by atoms with Crippen molar-refractivity contribution < 1.29 is 24.2 Å². The van der Waals surface area contributed by atoms with Crippen LogP contribution in [-0.4, -0.2) is 68.6 Å². The second-order valence-corrected chi connectivity index (χ2v) is 9.05. The van der Waals surface area contributed by atoms with Gasteiger partial charge in [-0.25, -0.2) is 4.68 Å². The number of aliphatic hydroxyl groups excluding tert-OH is 1. The zero-order valence-electron chi connectivity index (χ0n) is 20.2. The number of aromatic nitrogens is 3. The number of benzene rings is 1. The molecular weight excluding hydrogens is 450 g/mol. The van der Waals surface area contributed by atoms with E-state index in [1.165, 1.54) is 4.90 Å². The van der Waals surface area contributed by atoms with E-state index in [9.17, 15) is 19.5 Å². The molecule has 0 spiro atoms. The number of likely N-dealkylation sites (tertiary alicyclic amines) is 1. The highest BCUT2D eigenvalue weighted by molar-refractivity contribution is 5.96. The van der Waals surface area contributed by atoms with Crippen LogP contribution in [0.1, 0.15) is 33.1 Å². The fourth-order valence-corrected chi connectivity index (χ4v) is 5.44. The maximum atomic E-state index is 13.6. The third kappa shape index (κ3) is 4.80. The van der Waals surface area contributed by atoms with Gasteiger partial charge in [-0.1, -0.05) is 42.8 Å². The minimum atomic E-state index is -0.787. The highest BCUT2D eigenvalue weighted by Crippen LogP contribution is 2.45. The molecule has 2 N–H and O–H groups in total. The fourth-order valence-electron chi connectivity index (χ4n) is 5.44. The normalized spacial score (nSPS) is 25.6. The third-order valence-corrected chi connectivity index (χ3v) is 6.94. The number of ether oxygens (including phenoxy) is 1. The lowest BCUT2D eigenvalue weighted by molar-refractivity contribution is -0.155. The van der Waals surface area contributed by atoms with Gasteiger partial charge in [0.25, 0.3) is 0 Å². The van der Waals surface area contributed by atoms with E-state index in [1.807, 2.05) is 43.3 Å². The van der Waals surface area contributed by atoms with Crippen LogP contribution in [0.25, 0.3) is 11.0 Å². The molecule has 1 aromatic heterocycles. The molecule has 1 saturated heterocycles. The monoisotopic (exact) mass is 483 g/mol. The smallest absolute Gasteiger partial charge is 0.310 e. The summed E-state index contributed by atoms with van der Waals surface area (Å²) >= 11 is 0. The summed E-state index contributed by atoms with van der Waals surface area (Å²) in [6, 6.07) is 6.66. The molecule has 2 aromatic rings. The number of hydrogen-bond acceptors (Lipinski definition) is 7. The lowest BCUT2D eigenvalue weighted by Crippen LogP contribution is -2.48. The Bertz CT molecular complexity index is 1100. The van der Waals surface area contributed by atoms with Crippen LogP contribution in [0.5, 0.6) is 0 Å². The van der Waals surface area contributed by atoms with E-state index in [-0.39, 0.29) is 44.2 Å². The Hall–Kier alpha value is -3.27. The molecule has 4 rings (SSSR count). The molecule has 0 radical (unpaired) electrons. The molecule has 10 nitrogen and oxygen atoms in total. The Kier molecular flexibility index (Phi) is 7.80. The average Bonchev–Trinajstić information content (AvgIpc) is 3.40. The van der Waals surface area contributed by atoms with Gasteiger partial charge in [0, 0.05) is 19.1 Å². The lowest BCUT2D eigenvalue weighted by atomic mass is 9.69. The third-order valence-electron chi connectivity index (χ3n) is 6.94. The molecule has 0 bridgehead atoms. The number of rotatable bonds is 10. The standard InChI is InChI=1S/C25H33N5O5/c1-3-8-16-11-12-17-21(20(16)25(34)35-4-2)24(33)29(13-7-14-31)22(17)23(32)26-15-30-19-10-6-5-9-18(19)27-28-30/h5-6,9-12,16-17,20-22,31H,3-4,7-8,13-15H2,1-2H3,(H,26,32)/t16-,17+,20-,21+,22+/m1/s1. The molecule has 0 unspecified atom stereocenters. The Morgan fingerprint density at radius 2 is 2.00 bits per heavy atom. The van der Waals surface area contributed by atoms with Gasteiger partial charge in [-0.3, -0.25) is 14.4 Å². The summed E-state index contributed by atoms with van der Waals surface area (Å²) in [5.41, 5.74) is 1.50. The molecule has 10 heteroatoms. The maximum Gasteiger partial charge on any atom is 0.310 e. The molecule has 2 heterocycles. The van der Waals surface area contributed by atoms with Crippen molar-refractivity contribution in [2.75, 3.05) is 19.8 Å². The van der Waals surface area contributed by atoms with E-state index in [0.717, 1.165) is 23.9 Å². The number of aliphatic hydroxyl groups is 1. The van der Waals surface area contributed by atoms with Gasteiger partial charge in [-0.05, 0) is 37.8 Å². The highest BCUT2D eigenvalue weighted by Gasteiger charge is 2.57. The van der Waals surface area contributed by atoms with Gasteiger partial charge in [0.05, 0.1) is 24.0 Å². The minimum absolute atomic E-state index is 0.0960. The Balaban J connectivity index is 1.61. The number of nitrogens with one attached hydrogen (secondary N) is 1. The molecular formula is C25H33N5O5. The SMILES string of the molecule is CCC[C@@H]1C=C[C@H]2[C@H](C(=O)N(CCCO)[C@@H]2C(=O)NCn2nnc3ccccc32)[C@@H]1C(=O)OCC. The Labute approximate surface area is 204 Å². The van der Waals surface area contributed by atoms with Gasteiger partial charge in [0.15, 0.2) is 0 Å². The topological polar surface area (TPSA) is 127 Å².